The minimum absolute atomic E-state index is 0.219. The zero-order valence-corrected chi connectivity index (χ0v) is 13.6. The van der Waals surface area contributed by atoms with Crippen molar-refractivity contribution in [1.82, 2.24) is 29.8 Å². The number of hydrogen-bond donors (Lipinski definition) is 1. The normalized spacial score (nSPS) is 11.2. The summed E-state index contributed by atoms with van der Waals surface area (Å²) in [5, 5.41) is 7.51. The molecule has 0 saturated heterocycles. The lowest BCUT2D eigenvalue weighted by Crippen LogP contribution is -2.00. The number of fused-ring (bicyclic) bond motifs is 1. The highest BCUT2D eigenvalue weighted by Gasteiger charge is 2.20. The highest BCUT2D eigenvalue weighted by atomic mass is 32.2. The minimum atomic E-state index is 0.219. The quantitative estimate of drug-likeness (QED) is 0.604. The van der Waals surface area contributed by atoms with Crippen molar-refractivity contribution in [2.75, 3.05) is 5.73 Å². The Bertz CT molecular complexity index is 996. The van der Waals surface area contributed by atoms with Gasteiger partial charge in [0, 0.05) is 30.0 Å². The van der Waals surface area contributed by atoms with E-state index in [1.54, 1.807) is 30.4 Å². The van der Waals surface area contributed by atoms with Crippen molar-refractivity contribution < 1.29 is 4.63 Å². The van der Waals surface area contributed by atoms with Gasteiger partial charge in [-0.15, -0.1) is 0 Å². The van der Waals surface area contributed by atoms with Gasteiger partial charge in [0.2, 0.25) is 0 Å². The Morgan fingerprint density at radius 1 is 1.17 bits per heavy atom. The molecule has 9 heteroatoms. The number of pyridine rings is 2. The molecule has 0 aromatic carbocycles. The van der Waals surface area contributed by atoms with Crippen LogP contribution in [-0.2, 0) is 6.54 Å². The predicted octanol–water partition coefficient (Wildman–Crippen LogP) is 2.63. The summed E-state index contributed by atoms with van der Waals surface area (Å²) < 4.78 is 6.75. The number of nitrogen functional groups attached to an aromatic ring is 1. The molecule has 0 spiro atoms. The van der Waals surface area contributed by atoms with E-state index in [1.807, 2.05) is 29.8 Å². The van der Waals surface area contributed by atoms with Crippen LogP contribution in [0, 0.1) is 0 Å². The van der Waals surface area contributed by atoms with E-state index in [1.165, 1.54) is 0 Å². The highest BCUT2D eigenvalue weighted by molar-refractivity contribution is 7.99. The van der Waals surface area contributed by atoms with Crippen LogP contribution in [0.15, 0.2) is 51.3 Å². The lowest BCUT2D eigenvalue weighted by molar-refractivity contribution is 0.310. The third-order valence-electron chi connectivity index (χ3n) is 3.54. The number of hydrogen-bond acceptors (Lipinski definition) is 8. The fourth-order valence-electron chi connectivity index (χ4n) is 2.50. The lowest BCUT2D eigenvalue weighted by Gasteiger charge is -2.07. The van der Waals surface area contributed by atoms with Crippen LogP contribution in [0.3, 0.4) is 0 Å². The molecule has 0 amide bonds. The van der Waals surface area contributed by atoms with Gasteiger partial charge in [-0.25, -0.2) is 9.61 Å². The Kier molecular flexibility index (Phi) is 3.62. The SMILES string of the molecule is CCn1c(-c2nonc2N)nc2cncc(Sc3ccncc3)c21. The molecule has 0 bridgehead atoms. The van der Waals surface area contributed by atoms with E-state index in [0.717, 1.165) is 20.8 Å². The summed E-state index contributed by atoms with van der Waals surface area (Å²) in [5.41, 5.74) is 8.02. The maximum Gasteiger partial charge on any atom is 0.199 e. The first-order valence-electron chi connectivity index (χ1n) is 7.28. The summed E-state index contributed by atoms with van der Waals surface area (Å²) in [7, 11) is 0. The van der Waals surface area contributed by atoms with E-state index in [-0.39, 0.29) is 5.82 Å². The van der Waals surface area contributed by atoms with Crippen LogP contribution < -0.4 is 5.73 Å². The fourth-order valence-corrected chi connectivity index (χ4v) is 3.44. The molecular weight excluding hydrogens is 326 g/mol. The average Bonchev–Trinajstić information content (AvgIpc) is 3.19. The van der Waals surface area contributed by atoms with Crippen LogP contribution >= 0.6 is 11.8 Å². The molecule has 0 radical (unpaired) electrons. The van der Waals surface area contributed by atoms with Crippen molar-refractivity contribution >= 4 is 28.6 Å². The summed E-state index contributed by atoms with van der Waals surface area (Å²) >= 11 is 1.61. The molecule has 4 aromatic heterocycles. The molecule has 0 atom stereocenters. The van der Waals surface area contributed by atoms with Crippen LogP contribution in [-0.4, -0.2) is 29.8 Å². The largest absolute Gasteiger partial charge is 0.379 e. The Morgan fingerprint density at radius 2 is 2.00 bits per heavy atom. The first kappa shape index (κ1) is 14.6. The summed E-state index contributed by atoms with van der Waals surface area (Å²) in [6, 6.07) is 3.91. The summed E-state index contributed by atoms with van der Waals surface area (Å²) in [6.45, 7) is 2.74. The molecule has 4 rings (SSSR count). The first-order valence-corrected chi connectivity index (χ1v) is 8.10. The maximum absolute atomic E-state index is 5.83. The number of nitrogens with zero attached hydrogens (tertiary/aromatic N) is 6. The van der Waals surface area contributed by atoms with Crippen molar-refractivity contribution in [1.29, 1.82) is 0 Å². The van der Waals surface area contributed by atoms with E-state index >= 15 is 0 Å². The van der Waals surface area contributed by atoms with Gasteiger partial charge in [-0.1, -0.05) is 11.8 Å². The molecular formula is C15H13N7OS. The molecule has 4 heterocycles. The smallest absolute Gasteiger partial charge is 0.199 e. The average molecular weight is 339 g/mol. The summed E-state index contributed by atoms with van der Waals surface area (Å²) in [4.78, 5) is 15.0. The molecule has 0 aliphatic rings. The van der Waals surface area contributed by atoms with Gasteiger partial charge < -0.3 is 10.3 Å². The van der Waals surface area contributed by atoms with Crippen molar-refractivity contribution in [2.24, 2.45) is 0 Å². The Morgan fingerprint density at radius 3 is 2.71 bits per heavy atom. The van der Waals surface area contributed by atoms with E-state index in [0.29, 0.717) is 18.1 Å². The van der Waals surface area contributed by atoms with E-state index < -0.39 is 0 Å². The molecule has 0 unspecified atom stereocenters. The number of anilines is 1. The van der Waals surface area contributed by atoms with Crippen LogP contribution in [0.5, 0.6) is 0 Å². The third-order valence-corrected chi connectivity index (χ3v) is 4.56. The van der Waals surface area contributed by atoms with Crippen molar-refractivity contribution in [3.8, 4) is 11.5 Å². The molecule has 120 valence electrons. The van der Waals surface area contributed by atoms with Gasteiger partial charge in [-0.2, -0.15) is 0 Å². The number of aryl methyl sites for hydroxylation is 1. The Hall–Kier alpha value is -2.94. The zero-order valence-electron chi connectivity index (χ0n) is 12.7. The number of imidazole rings is 1. The number of aromatic nitrogens is 6. The van der Waals surface area contributed by atoms with Gasteiger partial charge in [0.25, 0.3) is 0 Å². The second-order valence-corrected chi connectivity index (χ2v) is 6.08. The van der Waals surface area contributed by atoms with Gasteiger partial charge in [0.1, 0.15) is 5.52 Å². The second-order valence-electron chi connectivity index (χ2n) is 4.97. The predicted molar refractivity (Wildman–Crippen MR) is 89.3 cm³/mol. The molecule has 24 heavy (non-hydrogen) atoms. The van der Waals surface area contributed by atoms with Crippen LogP contribution in [0.25, 0.3) is 22.6 Å². The van der Waals surface area contributed by atoms with Crippen molar-refractivity contribution in [2.45, 2.75) is 23.3 Å². The fraction of sp³-hybridized carbons (Fsp3) is 0.133. The third kappa shape index (κ3) is 2.38. The van der Waals surface area contributed by atoms with Gasteiger partial charge >= 0.3 is 0 Å². The monoisotopic (exact) mass is 339 g/mol. The summed E-state index contributed by atoms with van der Waals surface area (Å²) in [6.07, 6.45) is 7.08. The summed E-state index contributed by atoms with van der Waals surface area (Å²) in [5.74, 6) is 0.840. The number of rotatable bonds is 4. The topological polar surface area (TPSA) is 109 Å². The Balaban J connectivity index is 1.90. The van der Waals surface area contributed by atoms with Crippen LogP contribution in [0.2, 0.25) is 0 Å². The van der Waals surface area contributed by atoms with Crippen molar-refractivity contribution in [3.05, 3.63) is 36.9 Å². The molecule has 8 nitrogen and oxygen atoms in total. The molecule has 0 fully saturated rings. The molecule has 4 aromatic rings. The zero-order chi connectivity index (χ0) is 16.5. The Labute approximate surface area is 141 Å². The molecule has 2 N–H and O–H groups in total. The van der Waals surface area contributed by atoms with Gasteiger partial charge in [-0.3, -0.25) is 9.97 Å². The van der Waals surface area contributed by atoms with E-state index in [4.69, 9.17) is 10.4 Å². The molecule has 0 aliphatic heterocycles. The van der Waals surface area contributed by atoms with Crippen LogP contribution in [0.4, 0.5) is 5.82 Å². The minimum Gasteiger partial charge on any atom is -0.379 e. The van der Waals surface area contributed by atoms with Gasteiger partial charge in [0.05, 0.1) is 16.6 Å². The standard InChI is InChI=1S/C15H13N7OS/c1-2-22-13-10(19-15(22)12-14(16)21-23-20-12)7-18-8-11(13)24-9-3-5-17-6-4-9/h3-8H,2H2,1H3,(H2,16,21). The maximum atomic E-state index is 5.83. The van der Waals surface area contributed by atoms with E-state index in [9.17, 15) is 0 Å². The molecule has 0 aliphatic carbocycles. The van der Waals surface area contributed by atoms with Gasteiger partial charge in [0.15, 0.2) is 17.3 Å². The van der Waals surface area contributed by atoms with Crippen LogP contribution in [0.1, 0.15) is 6.92 Å². The van der Waals surface area contributed by atoms with Crippen molar-refractivity contribution in [3.63, 3.8) is 0 Å². The second kappa shape index (κ2) is 5.93. The first-order chi connectivity index (χ1) is 11.8. The van der Waals surface area contributed by atoms with E-state index in [2.05, 4.69) is 25.3 Å². The molecule has 0 saturated carbocycles. The van der Waals surface area contributed by atoms with Gasteiger partial charge in [-0.05, 0) is 29.4 Å². The highest BCUT2D eigenvalue weighted by Crippen LogP contribution is 2.35. The lowest BCUT2D eigenvalue weighted by atomic mass is 10.4. The number of nitrogens with two attached hydrogens (primary N) is 1.